The van der Waals surface area contributed by atoms with E-state index in [1.54, 1.807) is 37.3 Å². The normalized spacial score (nSPS) is 25.3. The smallest absolute Gasteiger partial charge is 0.183 e. The first-order valence-corrected chi connectivity index (χ1v) is 9.55. The van der Waals surface area contributed by atoms with Crippen LogP contribution in [0.5, 0.6) is 0 Å². The van der Waals surface area contributed by atoms with Crippen LogP contribution in [-0.2, 0) is 14.6 Å². The minimum Gasteiger partial charge on any atom is -0.380 e. The van der Waals surface area contributed by atoms with E-state index in [-0.39, 0.29) is 11.5 Å². The van der Waals surface area contributed by atoms with Crippen molar-refractivity contribution in [3.8, 4) is 6.07 Å². The predicted molar refractivity (Wildman–Crippen MR) is 91.1 cm³/mol. The lowest BCUT2D eigenvalue weighted by molar-refractivity contribution is 0.117. The number of sulfone groups is 1. The molecule has 4 nitrogen and oxygen atoms in total. The van der Waals surface area contributed by atoms with E-state index in [1.807, 2.05) is 0 Å². The molecule has 0 unspecified atom stereocenters. The Labute approximate surface area is 146 Å². The Bertz CT molecular complexity index is 891. The van der Waals surface area contributed by atoms with E-state index < -0.39 is 32.2 Å². The van der Waals surface area contributed by atoms with Gasteiger partial charge in [-0.3, -0.25) is 0 Å². The Balaban J connectivity index is 2.06. The lowest BCUT2D eigenvalue weighted by atomic mass is 10.0. The Morgan fingerprint density at radius 2 is 1.80 bits per heavy atom. The average molecular weight is 359 g/mol. The van der Waals surface area contributed by atoms with E-state index in [9.17, 15) is 18.1 Å². The zero-order chi connectivity index (χ0) is 18.1. The second-order valence-electron chi connectivity index (χ2n) is 6.10. The van der Waals surface area contributed by atoms with Gasteiger partial charge in [0.1, 0.15) is 11.2 Å². The summed E-state index contributed by atoms with van der Waals surface area (Å²) in [6.45, 7) is 2.21. The number of nitrogens with zero attached hydrogens (tertiary/aromatic N) is 1. The molecule has 25 heavy (non-hydrogen) atoms. The third-order valence-electron chi connectivity index (χ3n) is 4.64. The molecule has 0 aromatic heterocycles. The van der Waals surface area contributed by atoms with Crippen LogP contribution < -0.4 is 0 Å². The summed E-state index contributed by atoms with van der Waals surface area (Å²) in [5.41, 5.74) is -0.533. The Hall–Kier alpha value is -2.23. The molecular weight excluding hydrogens is 341 g/mol. The van der Waals surface area contributed by atoms with E-state index in [0.29, 0.717) is 12.2 Å². The molecule has 1 saturated carbocycles. The van der Waals surface area contributed by atoms with Crippen LogP contribution in [-0.4, -0.2) is 26.9 Å². The van der Waals surface area contributed by atoms with E-state index in [4.69, 9.17) is 4.74 Å². The molecule has 0 aliphatic heterocycles. The van der Waals surface area contributed by atoms with Gasteiger partial charge >= 0.3 is 0 Å². The zero-order valence-electron chi connectivity index (χ0n) is 13.7. The average Bonchev–Trinajstić information content (AvgIpc) is 3.31. The van der Waals surface area contributed by atoms with Crippen molar-refractivity contribution >= 4 is 9.84 Å². The number of ether oxygens (including phenoxy) is 1. The molecule has 0 N–H and O–H groups in total. The molecule has 0 heterocycles. The van der Waals surface area contributed by atoms with Crippen LogP contribution in [0.25, 0.3) is 0 Å². The molecule has 3 atom stereocenters. The molecule has 2 aromatic carbocycles. The highest BCUT2D eigenvalue weighted by molar-refractivity contribution is 7.92. The first-order valence-electron chi connectivity index (χ1n) is 8.01. The monoisotopic (exact) mass is 359 g/mol. The summed E-state index contributed by atoms with van der Waals surface area (Å²) in [6.07, 6.45) is 0. The first kappa shape index (κ1) is 17.6. The van der Waals surface area contributed by atoms with Gasteiger partial charge in [-0.25, -0.2) is 12.8 Å². The molecule has 1 aliphatic rings. The molecule has 1 aliphatic carbocycles. The third-order valence-corrected chi connectivity index (χ3v) is 6.94. The Morgan fingerprint density at radius 3 is 2.36 bits per heavy atom. The molecule has 0 spiro atoms. The number of rotatable bonds is 6. The fourth-order valence-corrected chi connectivity index (χ4v) is 5.70. The summed E-state index contributed by atoms with van der Waals surface area (Å²) >= 11 is 0. The molecular formula is C19H18FNO3S. The molecule has 6 heteroatoms. The fraction of sp³-hybridized carbons (Fsp3) is 0.316. The van der Waals surface area contributed by atoms with Crippen LogP contribution in [0, 0.1) is 22.6 Å². The van der Waals surface area contributed by atoms with Crippen molar-refractivity contribution in [1.29, 1.82) is 5.26 Å². The minimum absolute atomic E-state index is 0.0266. The number of halogens is 1. The maximum atomic E-state index is 13.2. The van der Waals surface area contributed by atoms with Gasteiger partial charge in [-0.05, 0) is 36.8 Å². The van der Waals surface area contributed by atoms with Gasteiger partial charge in [0, 0.05) is 12.5 Å². The van der Waals surface area contributed by atoms with Crippen molar-refractivity contribution in [3.05, 3.63) is 66.0 Å². The summed E-state index contributed by atoms with van der Waals surface area (Å²) in [4.78, 5) is 0.181. The molecule has 0 amide bonds. The maximum absolute atomic E-state index is 13.2. The van der Waals surface area contributed by atoms with Crippen molar-refractivity contribution in [2.45, 2.75) is 23.0 Å². The van der Waals surface area contributed by atoms with Crippen LogP contribution in [0.3, 0.4) is 0 Å². The van der Waals surface area contributed by atoms with Gasteiger partial charge in [0.25, 0.3) is 0 Å². The van der Waals surface area contributed by atoms with Crippen LogP contribution in [0.4, 0.5) is 4.39 Å². The van der Waals surface area contributed by atoms with E-state index in [0.717, 1.165) is 0 Å². The molecule has 0 saturated heterocycles. The van der Waals surface area contributed by atoms with Crippen molar-refractivity contribution in [2.75, 3.05) is 13.2 Å². The maximum Gasteiger partial charge on any atom is 0.183 e. The van der Waals surface area contributed by atoms with Crippen LogP contribution in [0.1, 0.15) is 18.4 Å². The lowest BCUT2D eigenvalue weighted by Crippen LogP contribution is -2.19. The summed E-state index contributed by atoms with van der Waals surface area (Å²) in [6, 6.07) is 15.9. The van der Waals surface area contributed by atoms with Crippen molar-refractivity contribution in [3.63, 3.8) is 0 Å². The van der Waals surface area contributed by atoms with Gasteiger partial charge in [0.05, 0.1) is 22.8 Å². The van der Waals surface area contributed by atoms with Crippen molar-refractivity contribution in [1.82, 2.24) is 0 Å². The summed E-state index contributed by atoms with van der Waals surface area (Å²) in [7, 11) is -3.72. The quantitative estimate of drug-likeness (QED) is 0.794. The summed E-state index contributed by atoms with van der Waals surface area (Å²) < 4.78 is 44.9. The molecule has 1 fully saturated rings. The van der Waals surface area contributed by atoms with E-state index >= 15 is 0 Å². The minimum atomic E-state index is -3.72. The standard InChI is InChI=1S/C19H18FNO3S/c1-2-24-13-19(12-21)17(14-8-10-15(20)11-9-14)18(19)25(22,23)16-6-4-3-5-7-16/h3-11,17-18H,2,13H2,1H3/t17-,18+,19+/m1/s1. The van der Waals surface area contributed by atoms with E-state index in [2.05, 4.69) is 6.07 Å². The third kappa shape index (κ3) is 2.94. The second kappa shape index (κ2) is 6.58. The van der Waals surface area contributed by atoms with Crippen LogP contribution in [0.2, 0.25) is 0 Å². The molecule has 0 radical (unpaired) electrons. The Morgan fingerprint density at radius 1 is 1.16 bits per heavy atom. The van der Waals surface area contributed by atoms with Gasteiger partial charge in [-0.1, -0.05) is 30.3 Å². The van der Waals surface area contributed by atoms with Crippen LogP contribution >= 0.6 is 0 Å². The first-order chi connectivity index (χ1) is 12.0. The lowest BCUT2D eigenvalue weighted by Gasteiger charge is -2.09. The summed E-state index contributed by atoms with van der Waals surface area (Å²) in [5, 5.41) is 8.87. The topological polar surface area (TPSA) is 67.2 Å². The van der Waals surface area contributed by atoms with Gasteiger partial charge in [-0.15, -0.1) is 0 Å². The largest absolute Gasteiger partial charge is 0.380 e. The molecule has 2 aromatic rings. The molecule has 0 bridgehead atoms. The van der Waals surface area contributed by atoms with Crippen molar-refractivity contribution < 1.29 is 17.5 Å². The molecule has 130 valence electrons. The zero-order valence-corrected chi connectivity index (χ0v) is 14.5. The second-order valence-corrected chi connectivity index (χ2v) is 8.17. The highest BCUT2D eigenvalue weighted by Gasteiger charge is 2.72. The van der Waals surface area contributed by atoms with Gasteiger partial charge in [-0.2, -0.15) is 5.26 Å². The predicted octanol–water partition coefficient (Wildman–Crippen LogP) is 3.31. The van der Waals surface area contributed by atoms with Gasteiger partial charge < -0.3 is 4.74 Å². The number of benzene rings is 2. The Kier molecular flexibility index (Phi) is 4.63. The van der Waals surface area contributed by atoms with Crippen molar-refractivity contribution in [2.24, 2.45) is 5.41 Å². The summed E-state index contributed by atoms with van der Waals surface area (Å²) in [5.74, 6) is -0.950. The number of hydrogen-bond acceptors (Lipinski definition) is 4. The van der Waals surface area contributed by atoms with Gasteiger partial charge in [0.15, 0.2) is 9.84 Å². The van der Waals surface area contributed by atoms with E-state index in [1.165, 1.54) is 24.3 Å². The fourth-order valence-electron chi connectivity index (χ4n) is 3.37. The van der Waals surface area contributed by atoms with Gasteiger partial charge in [0.2, 0.25) is 0 Å². The number of hydrogen-bond donors (Lipinski definition) is 0. The number of nitriles is 1. The highest BCUT2D eigenvalue weighted by atomic mass is 32.2. The molecule has 3 rings (SSSR count). The highest BCUT2D eigenvalue weighted by Crippen LogP contribution is 2.63. The van der Waals surface area contributed by atoms with Crippen LogP contribution in [0.15, 0.2) is 59.5 Å². The SMILES string of the molecule is CCOC[C@@]1(C#N)[C@H](c2ccc(F)cc2)[C@@H]1S(=O)(=O)c1ccccc1.